The van der Waals surface area contributed by atoms with E-state index in [1.807, 2.05) is 30.8 Å². The molecule has 20 heavy (non-hydrogen) atoms. The summed E-state index contributed by atoms with van der Waals surface area (Å²) in [5.74, 6) is -1.29. The number of carboxylic acid groups (broad SMARTS) is 1. The van der Waals surface area contributed by atoms with Crippen molar-refractivity contribution in [3.05, 3.63) is 33.9 Å². The third-order valence-corrected chi connectivity index (χ3v) is 2.97. The van der Waals surface area contributed by atoms with E-state index in [0.29, 0.717) is 18.8 Å². The minimum absolute atomic E-state index is 0.289. The Labute approximate surface area is 117 Å². The molecule has 0 aromatic heterocycles. The van der Waals surface area contributed by atoms with Crippen molar-refractivity contribution in [1.29, 1.82) is 0 Å². The van der Waals surface area contributed by atoms with Gasteiger partial charge in [-0.3, -0.25) is 10.1 Å². The van der Waals surface area contributed by atoms with Crippen LogP contribution in [0.4, 0.5) is 11.4 Å². The van der Waals surface area contributed by atoms with E-state index < -0.39 is 10.9 Å². The Morgan fingerprint density at radius 3 is 2.45 bits per heavy atom. The monoisotopic (exact) mass is 281 g/mol. The van der Waals surface area contributed by atoms with Crippen LogP contribution in [0.15, 0.2) is 18.2 Å². The number of nitrogens with zero attached hydrogens (tertiary/aromatic N) is 3. The molecular formula is C13H19N3O4. The predicted molar refractivity (Wildman–Crippen MR) is 76.5 cm³/mol. The first-order valence-corrected chi connectivity index (χ1v) is 6.28. The lowest BCUT2D eigenvalue weighted by Crippen LogP contribution is -2.31. The number of hydrogen-bond donors (Lipinski definition) is 1. The van der Waals surface area contributed by atoms with Gasteiger partial charge in [0.05, 0.1) is 4.92 Å². The Bertz CT molecular complexity index is 502. The molecule has 0 fully saturated rings. The van der Waals surface area contributed by atoms with Gasteiger partial charge in [-0.1, -0.05) is 0 Å². The van der Waals surface area contributed by atoms with Gasteiger partial charge in [0, 0.05) is 31.4 Å². The fraction of sp³-hybridized carbons (Fsp3) is 0.462. The number of hydrogen-bond acceptors (Lipinski definition) is 5. The third kappa shape index (κ3) is 3.92. The zero-order valence-corrected chi connectivity index (χ0v) is 11.9. The molecule has 0 spiro atoms. The van der Waals surface area contributed by atoms with Gasteiger partial charge in [-0.05, 0) is 33.2 Å². The smallest absolute Gasteiger partial charge is 0.342 e. The minimum Gasteiger partial charge on any atom is -0.477 e. The highest BCUT2D eigenvalue weighted by Gasteiger charge is 2.21. The summed E-state index contributed by atoms with van der Waals surface area (Å²) in [6.07, 6.45) is 0. The van der Waals surface area contributed by atoms with Crippen LogP contribution in [0.25, 0.3) is 0 Å². The number of aromatic carboxylic acids is 1. The molecule has 0 aliphatic carbocycles. The maximum atomic E-state index is 11.0. The van der Waals surface area contributed by atoms with E-state index in [1.54, 1.807) is 6.07 Å². The molecule has 0 unspecified atom stereocenters. The van der Waals surface area contributed by atoms with Crippen LogP contribution in [0.2, 0.25) is 0 Å². The third-order valence-electron chi connectivity index (χ3n) is 2.97. The standard InChI is InChI=1S/C13H19N3O4/c1-4-15(8-7-14(2)3)10-5-6-11(13(17)18)12(9-10)16(19)20/h5-6,9H,4,7-8H2,1-3H3,(H,17,18). The Kier molecular flexibility index (Phi) is 5.45. The van der Waals surface area contributed by atoms with Crippen molar-refractivity contribution in [2.75, 3.05) is 38.6 Å². The second-order valence-electron chi connectivity index (χ2n) is 4.65. The topological polar surface area (TPSA) is 86.9 Å². The molecule has 0 radical (unpaired) electrons. The molecule has 7 nitrogen and oxygen atoms in total. The van der Waals surface area contributed by atoms with Crippen LogP contribution in [-0.4, -0.2) is 54.6 Å². The highest BCUT2D eigenvalue weighted by molar-refractivity contribution is 5.93. The highest BCUT2D eigenvalue weighted by atomic mass is 16.6. The quantitative estimate of drug-likeness (QED) is 0.604. The van der Waals surface area contributed by atoms with E-state index >= 15 is 0 Å². The summed E-state index contributed by atoms with van der Waals surface area (Å²) in [5.41, 5.74) is -0.00762. The molecule has 110 valence electrons. The Morgan fingerprint density at radius 2 is 2.00 bits per heavy atom. The first kappa shape index (κ1) is 15.9. The Balaban J connectivity index is 3.09. The molecule has 1 aromatic carbocycles. The van der Waals surface area contributed by atoms with Crippen LogP contribution in [0.3, 0.4) is 0 Å². The normalized spacial score (nSPS) is 10.6. The van der Waals surface area contributed by atoms with Crippen molar-refractivity contribution in [3.8, 4) is 0 Å². The van der Waals surface area contributed by atoms with Gasteiger partial charge in [0.15, 0.2) is 0 Å². The fourth-order valence-electron chi connectivity index (χ4n) is 1.84. The van der Waals surface area contributed by atoms with E-state index in [-0.39, 0.29) is 11.3 Å². The van der Waals surface area contributed by atoms with Crippen molar-refractivity contribution >= 4 is 17.3 Å². The molecule has 0 aliphatic rings. The molecule has 0 saturated carbocycles. The zero-order valence-electron chi connectivity index (χ0n) is 11.9. The number of anilines is 1. The van der Waals surface area contributed by atoms with Crippen molar-refractivity contribution < 1.29 is 14.8 Å². The number of nitro groups is 1. The van der Waals surface area contributed by atoms with Crippen LogP contribution in [0, 0.1) is 10.1 Å². The number of carboxylic acids is 1. The average Bonchev–Trinajstić information content (AvgIpc) is 2.38. The van der Waals surface area contributed by atoms with Crippen LogP contribution in [0.5, 0.6) is 0 Å². The lowest BCUT2D eigenvalue weighted by molar-refractivity contribution is -0.385. The summed E-state index contributed by atoms with van der Waals surface area (Å²) in [5, 5.41) is 19.9. The number of nitro benzene ring substituents is 1. The van der Waals surface area contributed by atoms with Gasteiger partial charge < -0.3 is 14.9 Å². The molecule has 0 heterocycles. The van der Waals surface area contributed by atoms with E-state index in [1.165, 1.54) is 12.1 Å². The van der Waals surface area contributed by atoms with Crippen molar-refractivity contribution in [1.82, 2.24) is 4.90 Å². The number of benzene rings is 1. The molecule has 7 heteroatoms. The molecule has 0 aliphatic heterocycles. The second-order valence-corrected chi connectivity index (χ2v) is 4.65. The molecule has 1 N–H and O–H groups in total. The molecule has 1 aromatic rings. The van der Waals surface area contributed by atoms with Gasteiger partial charge in [0.2, 0.25) is 0 Å². The largest absolute Gasteiger partial charge is 0.477 e. The average molecular weight is 281 g/mol. The first-order valence-electron chi connectivity index (χ1n) is 6.28. The van der Waals surface area contributed by atoms with Crippen molar-refractivity contribution in [3.63, 3.8) is 0 Å². The van der Waals surface area contributed by atoms with Gasteiger partial charge >= 0.3 is 5.97 Å². The van der Waals surface area contributed by atoms with E-state index in [0.717, 1.165) is 6.54 Å². The summed E-state index contributed by atoms with van der Waals surface area (Å²) in [7, 11) is 3.90. The van der Waals surface area contributed by atoms with Crippen molar-refractivity contribution in [2.45, 2.75) is 6.92 Å². The maximum absolute atomic E-state index is 11.0. The first-order chi connectivity index (χ1) is 9.36. The van der Waals surface area contributed by atoms with Gasteiger partial charge in [-0.2, -0.15) is 0 Å². The predicted octanol–water partition coefficient (Wildman–Crippen LogP) is 1.68. The van der Waals surface area contributed by atoms with E-state index in [2.05, 4.69) is 0 Å². The van der Waals surface area contributed by atoms with Crippen LogP contribution < -0.4 is 4.90 Å². The molecule has 0 bridgehead atoms. The molecule has 1 rings (SSSR count). The molecule has 0 atom stereocenters. The summed E-state index contributed by atoms with van der Waals surface area (Å²) in [6.45, 7) is 4.17. The maximum Gasteiger partial charge on any atom is 0.342 e. The fourth-order valence-corrected chi connectivity index (χ4v) is 1.84. The summed E-state index contributed by atoms with van der Waals surface area (Å²) < 4.78 is 0. The number of rotatable bonds is 7. The Morgan fingerprint density at radius 1 is 1.35 bits per heavy atom. The van der Waals surface area contributed by atoms with Gasteiger partial charge in [-0.25, -0.2) is 4.79 Å². The number of carbonyl (C=O) groups is 1. The van der Waals surface area contributed by atoms with E-state index in [9.17, 15) is 14.9 Å². The lowest BCUT2D eigenvalue weighted by Gasteiger charge is -2.24. The van der Waals surface area contributed by atoms with Crippen LogP contribution in [-0.2, 0) is 0 Å². The summed E-state index contributed by atoms with van der Waals surface area (Å²) in [6, 6.07) is 4.21. The lowest BCUT2D eigenvalue weighted by atomic mass is 10.1. The van der Waals surface area contributed by atoms with Gasteiger partial charge in [-0.15, -0.1) is 0 Å². The minimum atomic E-state index is -1.29. The molecule has 0 amide bonds. The van der Waals surface area contributed by atoms with Crippen LogP contribution in [0.1, 0.15) is 17.3 Å². The number of likely N-dealkylation sites (N-methyl/N-ethyl adjacent to an activating group) is 2. The SMILES string of the molecule is CCN(CCN(C)C)c1ccc(C(=O)O)c([N+](=O)[O-])c1. The second kappa shape index (κ2) is 6.85. The van der Waals surface area contributed by atoms with Crippen molar-refractivity contribution in [2.24, 2.45) is 0 Å². The summed E-state index contributed by atoms with van der Waals surface area (Å²) in [4.78, 5) is 25.3. The molecular weight excluding hydrogens is 262 g/mol. The zero-order chi connectivity index (χ0) is 15.3. The van der Waals surface area contributed by atoms with Gasteiger partial charge in [0.25, 0.3) is 5.69 Å². The Hall–Kier alpha value is -2.15. The van der Waals surface area contributed by atoms with Gasteiger partial charge in [0.1, 0.15) is 5.56 Å². The van der Waals surface area contributed by atoms with E-state index in [4.69, 9.17) is 5.11 Å². The molecule has 0 saturated heterocycles. The van der Waals surface area contributed by atoms with Crippen LogP contribution >= 0.6 is 0 Å². The summed E-state index contributed by atoms with van der Waals surface area (Å²) >= 11 is 0. The highest BCUT2D eigenvalue weighted by Crippen LogP contribution is 2.25.